The highest BCUT2D eigenvalue weighted by Crippen LogP contribution is 2.18. The molecule has 86 valence electrons. The van der Waals surface area contributed by atoms with Gasteiger partial charge in [-0.15, -0.1) is 0 Å². The molecule has 3 heteroatoms. The molecule has 1 aromatic rings. The van der Waals surface area contributed by atoms with Crippen LogP contribution in [0.4, 0.5) is 5.69 Å². The van der Waals surface area contributed by atoms with Crippen LogP contribution in [-0.4, -0.2) is 18.3 Å². The Morgan fingerprint density at radius 1 is 1.44 bits per heavy atom. The summed E-state index contributed by atoms with van der Waals surface area (Å²) in [4.78, 5) is 0. The first-order valence-electron chi connectivity index (χ1n) is 5.34. The predicted octanol–water partition coefficient (Wildman–Crippen LogP) is 2.30. The third kappa shape index (κ3) is 3.25. The molecule has 0 bridgehead atoms. The number of hydrogen-bond acceptors (Lipinski definition) is 3. The summed E-state index contributed by atoms with van der Waals surface area (Å²) < 4.78 is 0. The van der Waals surface area contributed by atoms with E-state index in [1.807, 2.05) is 39.0 Å². The number of aliphatic hydroxyl groups is 1. The van der Waals surface area contributed by atoms with Gasteiger partial charge in [-0.1, -0.05) is 13.8 Å². The molecule has 1 aromatic carbocycles. The SMILES string of the molecule is Cc1cc(NCC(C)(C)CO)ccc1C#N. The highest BCUT2D eigenvalue weighted by atomic mass is 16.3. The Bertz CT molecular complexity index is 405. The lowest BCUT2D eigenvalue weighted by Crippen LogP contribution is -2.26. The number of nitrogens with one attached hydrogen (secondary N) is 1. The van der Waals surface area contributed by atoms with Crippen molar-refractivity contribution in [2.45, 2.75) is 20.8 Å². The molecular weight excluding hydrogens is 200 g/mol. The van der Waals surface area contributed by atoms with Gasteiger partial charge in [-0.05, 0) is 30.7 Å². The lowest BCUT2D eigenvalue weighted by Gasteiger charge is -2.22. The van der Waals surface area contributed by atoms with Gasteiger partial charge in [0.1, 0.15) is 0 Å². The average molecular weight is 218 g/mol. The first-order chi connectivity index (χ1) is 7.48. The van der Waals surface area contributed by atoms with E-state index in [0.29, 0.717) is 12.1 Å². The van der Waals surface area contributed by atoms with Crippen molar-refractivity contribution < 1.29 is 5.11 Å². The molecule has 0 radical (unpaired) electrons. The van der Waals surface area contributed by atoms with Crippen molar-refractivity contribution in [3.05, 3.63) is 29.3 Å². The molecule has 0 amide bonds. The highest BCUT2D eigenvalue weighted by molar-refractivity contribution is 5.51. The van der Waals surface area contributed by atoms with E-state index < -0.39 is 0 Å². The number of rotatable bonds is 4. The number of hydrogen-bond donors (Lipinski definition) is 2. The van der Waals surface area contributed by atoms with Gasteiger partial charge < -0.3 is 10.4 Å². The predicted molar refractivity (Wildman–Crippen MR) is 65.3 cm³/mol. The van der Waals surface area contributed by atoms with Crippen LogP contribution >= 0.6 is 0 Å². The van der Waals surface area contributed by atoms with Crippen molar-refractivity contribution in [3.63, 3.8) is 0 Å². The van der Waals surface area contributed by atoms with Crippen LogP contribution in [0.15, 0.2) is 18.2 Å². The normalized spacial score (nSPS) is 10.9. The smallest absolute Gasteiger partial charge is 0.0994 e. The van der Waals surface area contributed by atoms with E-state index in [1.165, 1.54) is 0 Å². The number of aryl methyl sites for hydroxylation is 1. The van der Waals surface area contributed by atoms with Crippen molar-refractivity contribution in [3.8, 4) is 6.07 Å². The number of aliphatic hydroxyl groups excluding tert-OH is 1. The van der Waals surface area contributed by atoms with Crippen molar-refractivity contribution in [1.29, 1.82) is 5.26 Å². The van der Waals surface area contributed by atoms with Gasteiger partial charge in [-0.25, -0.2) is 0 Å². The minimum Gasteiger partial charge on any atom is -0.396 e. The minimum absolute atomic E-state index is 0.137. The van der Waals surface area contributed by atoms with Gasteiger partial charge in [0.25, 0.3) is 0 Å². The molecule has 2 N–H and O–H groups in total. The molecule has 0 saturated heterocycles. The van der Waals surface area contributed by atoms with E-state index in [-0.39, 0.29) is 12.0 Å². The molecule has 0 aliphatic rings. The molecule has 0 aromatic heterocycles. The van der Waals surface area contributed by atoms with Crippen LogP contribution in [0.3, 0.4) is 0 Å². The molecule has 3 nitrogen and oxygen atoms in total. The maximum absolute atomic E-state index is 9.13. The number of nitrogens with zero attached hydrogens (tertiary/aromatic N) is 1. The van der Waals surface area contributed by atoms with Gasteiger partial charge in [0, 0.05) is 24.3 Å². The van der Waals surface area contributed by atoms with E-state index in [2.05, 4.69) is 11.4 Å². The summed E-state index contributed by atoms with van der Waals surface area (Å²) in [5.74, 6) is 0. The van der Waals surface area contributed by atoms with Gasteiger partial charge in [0.15, 0.2) is 0 Å². The third-order valence-corrected chi connectivity index (χ3v) is 2.55. The average Bonchev–Trinajstić information content (AvgIpc) is 2.27. The Hall–Kier alpha value is -1.53. The van der Waals surface area contributed by atoms with E-state index >= 15 is 0 Å². The fraction of sp³-hybridized carbons (Fsp3) is 0.462. The summed E-state index contributed by atoms with van der Waals surface area (Å²) in [7, 11) is 0. The molecule has 0 unspecified atom stereocenters. The van der Waals surface area contributed by atoms with Crippen LogP contribution < -0.4 is 5.32 Å². The largest absolute Gasteiger partial charge is 0.396 e. The molecule has 0 atom stereocenters. The van der Waals surface area contributed by atoms with Crippen molar-refractivity contribution in [2.75, 3.05) is 18.5 Å². The number of anilines is 1. The lowest BCUT2D eigenvalue weighted by atomic mass is 9.95. The first-order valence-corrected chi connectivity index (χ1v) is 5.34. The van der Waals surface area contributed by atoms with Gasteiger partial charge in [0.05, 0.1) is 11.6 Å². The van der Waals surface area contributed by atoms with Crippen LogP contribution in [0.5, 0.6) is 0 Å². The molecule has 0 saturated carbocycles. The van der Waals surface area contributed by atoms with Gasteiger partial charge in [0.2, 0.25) is 0 Å². The highest BCUT2D eigenvalue weighted by Gasteiger charge is 2.15. The van der Waals surface area contributed by atoms with Gasteiger partial charge >= 0.3 is 0 Å². The summed E-state index contributed by atoms with van der Waals surface area (Å²) >= 11 is 0. The Labute approximate surface area is 96.7 Å². The zero-order valence-corrected chi connectivity index (χ0v) is 10.0. The zero-order chi connectivity index (χ0) is 12.2. The second-order valence-electron chi connectivity index (χ2n) is 4.82. The Morgan fingerprint density at radius 3 is 2.62 bits per heavy atom. The van der Waals surface area contributed by atoms with Crippen LogP contribution in [0.2, 0.25) is 0 Å². The second kappa shape index (κ2) is 5.00. The molecular formula is C13H18N2O. The third-order valence-electron chi connectivity index (χ3n) is 2.55. The molecule has 16 heavy (non-hydrogen) atoms. The Balaban J connectivity index is 2.70. The number of benzene rings is 1. The lowest BCUT2D eigenvalue weighted by molar-refractivity contribution is 0.171. The van der Waals surface area contributed by atoms with Crippen LogP contribution in [0.25, 0.3) is 0 Å². The zero-order valence-electron chi connectivity index (χ0n) is 10.0. The number of nitriles is 1. The van der Waals surface area contributed by atoms with Crippen molar-refractivity contribution in [2.24, 2.45) is 5.41 Å². The van der Waals surface area contributed by atoms with E-state index in [9.17, 15) is 0 Å². The van der Waals surface area contributed by atoms with E-state index in [1.54, 1.807) is 0 Å². The van der Waals surface area contributed by atoms with Gasteiger partial charge in [-0.3, -0.25) is 0 Å². The standard InChI is InChI=1S/C13H18N2O/c1-10-6-12(5-4-11(10)7-14)15-8-13(2,3)9-16/h4-6,15-16H,8-9H2,1-3H3. The molecule has 0 spiro atoms. The fourth-order valence-electron chi connectivity index (χ4n) is 1.30. The summed E-state index contributed by atoms with van der Waals surface area (Å²) in [6.07, 6.45) is 0. The summed E-state index contributed by atoms with van der Waals surface area (Å²) in [6, 6.07) is 7.79. The quantitative estimate of drug-likeness (QED) is 0.815. The molecule has 0 aliphatic carbocycles. The van der Waals surface area contributed by atoms with Gasteiger partial charge in [-0.2, -0.15) is 5.26 Å². The first kappa shape index (κ1) is 12.5. The van der Waals surface area contributed by atoms with Crippen molar-refractivity contribution >= 4 is 5.69 Å². The second-order valence-corrected chi connectivity index (χ2v) is 4.82. The van der Waals surface area contributed by atoms with Crippen LogP contribution in [-0.2, 0) is 0 Å². The Morgan fingerprint density at radius 2 is 2.12 bits per heavy atom. The topological polar surface area (TPSA) is 56.0 Å². The maximum atomic E-state index is 9.13. The molecule has 0 aliphatic heterocycles. The maximum Gasteiger partial charge on any atom is 0.0994 e. The van der Waals surface area contributed by atoms with E-state index in [0.717, 1.165) is 11.3 Å². The Kier molecular flexibility index (Phi) is 3.92. The van der Waals surface area contributed by atoms with Crippen molar-refractivity contribution in [1.82, 2.24) is 0 Å². The molecule has 0 heterocycles. The summed E-state index contributed by atoms with van der Waals surface area (Å²) in [6.45, 7) is 6.76. The van der Waals surface area contributed by atoms with E-state index in [4.69, 9.17) is 10.4 Å². The van der Waals surface area contributed by atoms with Crippen LogP contribution in [0, 0.1) is 23.7 Å². The monoisotopic (exact) mass is 218 g/mol. The van der Waals surface area contributed by atoms with Crippen LogP contribution in [0.1, 0.15) is 25.0 Å². The fourth-order valence-corrected chi connectivity index (χ4v) is 1.30. The summed E-state index contributed by atoms with van der Waals surface area (Å²) in [5, 5.41) is 21.2. The summed E-state index contributed by atoms with van der Waals surface area (Å²) in [5.41, 5.74) is 2.52. The molecule has 1 rings (SSSR count). The minimum atomic E-state index is -0.137. The molecule has 0 fully saturated rings.